The summed E-state index contributed by atoms with van der Waals surface area (Å²) < 4.78 is 27.0. The lowest BCUT2D eigenvalue weighted by Gasteiger charge is -2.12. The Kier molecular flexibility index (Phi) is 5.02. The van der Waals surface area contributed by atoms with Gasteiger partial charge in [0.05, 0.1) is 11.9 Å². The standard InChI is InChI=1S/C10H21NO3S/c1-14-10-5-4-9(8-10)11-6-3-7-15(2,12)13/h9-11H,3-8H2,1-2H3. The minimum absolute atomic E-state index is 0.278. The van der Waals surface area contributed by atoms with E-state index < -0.39 is 9.84 Å². The lowest BCUT2D eigenvalue weighted by Crippen LogP contribution is -2.29. The Hall–Kier alpha value is -0.130. The molecule has 0 aromatic rings. The first-order valence-corrected chi connectivity index (χ1v) is 7.51. The van der Waals surface area contributed by atoms with Gasteiger partial charge in [-0.25, -0.2) is 8.42 Å². The van der Waals surface area contributed by atoms with E-state index in [1.165, 1.54) is 6.26 Å². The normalized spacial score (nSPS) is 27.1. The number of hydrogen-bond donors (Lipinski definition) is 1. The second-order valence-electron chi connectivity index (χ2n) is 4.31. The Labute approximate surface area is 92.3 Å². The van der Waals surface area contributed by atoms with E-state index >= 15 is 0 Å². The molecule has 0 heterocycles. The molecule has 0 aromatic heterocycles. The summed E-state index contributed by atoms with van der Waals surface area (Å²) >= 11 is 0. The van der Waals surface area contributed by atoms with Gasteiger partial charge in [0.1, 0.15) is 9.84 Å². The Morgan fingerprint density at radius 2 is 2.13 bits per heavy atom. The molecule has 0 spiro atoms. The van der Waals surface area contributed by atoms with Crippen LogP contribution in [-0.2, 0) is 14.6 Å². The van der Waals surface area contributed by atoms with Crippen LogP contribution in [0.2, 0.25) is 0 Å². The van der Waals surface area contributed by atoms with Gasteiger partial charge in [0.15, 0.2) is 0 Å². The number of methoxy groups -OCH3 is 1. The van der Waals surface area contributed by atoms with Crippen LogP contribution in [0.25, 0.3) is 0 Å². The van der Waals surface area contributed by atoms with Crippen LogP contribution in [0.4, 0.5) is 0 Å². The molecular formula is C10H21NO3S. The minimum atomic E-state index is -2.80. The molecule has 0 radical (unpaired) electrons. The Morgan fingerprint density at radius 1 is 1.40 bits per heavy atom. The molecule has 1 aliphatic carbocycles. The van der Waals surface area contributed by atoms with Crippen molar-refractivity contribution in [3.8, 4) is 0 Å². The molecule has 1 aliphatic rings. The number of nitrogens with one attached hydrogen (secondary N) is 1. The van der Waals surface area contributed by atoms with Gasteiger partial charge in [0.2, 0.25) is 0 Å². The summed E-state index contributed by atoms with van der Waals surface area (Å²) in [5, 5.41) is 3.37. The number of rotatable bonds is 6. The molecule has 1 fully saturated rings. The van der Waals surface area contributed by atoms with Crippen LogP contribution in [0.5, 0.6) is 0 Å². The zero-order valence-corrected chi connectivity index (χ0v) is 10.3. The molecule has 2 atom stereocenters. The Morgan fingerprint density at radius 3 is 2.67 bits per heavy atom. The molecule has 0 bridgehead atoms. The van der Waals surface area contributed by atoms with E-state index in [0.29, 0.717) is 18.6 Å². The average molecular weight is 235 g/mol. The summed E-state index contributed by atoms with van der Waals surface area (Å²) in [4.78, 5) is 0. The highest BCUT2D eigenvalue weighted by Crippen LogP contribution is 2.21. The van der Waals surface area contributed by atoms with E-state index in [-0.39, 0.29) is 5.75 Å². The Balaban J connectivity index is 2.07. The highest BCUT2D eigenvalue weighted by atomic mass is 32.2. The summed E-state index contributed by atoms with van der Waals surface area (Å²) in [6.07, 6.45) is 5.67. The quantitative estimate of drug-likeness (QED) is 0.684. The summed E-state index contributed by atoms with van der Waals surface area (Å²) in [6.45, 7) is 0.786. The predicted molar refractivity (Wildman–Crippen MR) is 60.8 cm³/mol. The number of hydrogen-bond acceptors (Lipinski definition) is 4. The molecule has 0 aliphatic heterocycles. The lowest BCUT2D eigenvalue weighted by molar-refractivity contribution is 0.107. The second-order valence-corrected chi connectivity index (χ2v) is 6.56. The second kappa shape index (κ2) is 5.82. The molecule has 4 nitrogen and oxygen atoms in total. The zero-order chi connectivity index (χ0) is 11.3. The van der Waals surface area contributed by atoms with Crippen molar-refractivity contribution in [2.75, 3.05) is 25.7 Å². The Bertz CT molecular complexity index is 276. The molecule has 90 valence electrons. The van der Waals surface area contributed by atoms with Gasteiger partial charge in [-0.3, -0.25) is 0 Å². The van der Waals surface area contributed by atoms with Gasteiger partial charge in [-0.05, 0) is 32.2 Å². The summed E-state index contributed by atoms with van der Waals surface area (Å²) in [7, 11) is -1.05. The molecule has 0 amide bonds. The van der Waals surface area contributed by atoms with Crippen LogP contribution in [-0.4, -0.2) is 46.2 Å². The van der Waals surface area contributed by atoms with Gasteiger partial charge >= 0.3 is 0 Å². The fourth-order valence-electron chi connectivity index (χ4n) is 1.98. The van der Waals surface area contributed by atoms with Crippen LogP contribution < -0.4 is 5.32 Å². The van der Waals surface area contributed by atoms with E-state index in [0.717, 1.165) is 25.8 Å². The van der Waals surface area contributed by atoms with E-state index in [1.807, 2.05) is 0 Å². The van der Waals surface area contributed by atoms with Crippen LogP contribution in [0.3, 0.4) is 0 Å². The molecule has 0 saturated heterocycles. The van der Waals surface area contributed by atoms with Crippen molar-refractivity contribution in [1.29, 1.82) is 0 Å². The van der Waals surface area contributed by atoms with Crippen molar-refractivity contribution >= 4 is 9.84 Å². The van der Waals surface area contributed by atoms with Crippen molar-refractivity contribution in [2.24, 2.45) is 0 Å². The maximum Gasteiger partial charge on any atom is 0.147 e. The maximum absolute atomic E-state index is 10.9. The third-order valence-electron chi connectivity index (χ3n) is 2.84. The van der Waals surface area contributed by atoms with Crippen LogP contribution in [0.1, 0.15) is 25.7 Å². The molecule has 5 heteroatoms. The van der Waals surface area contributed by atoms with Gasteiger partial charge in [0.25, 0.3) is 0 Å². The SMILES string of the molecule is COC1CCC(NCCCS(C)(=O)=O)C1. The monoisotopic (exact) mass is 235 g/mol. The fraction of sp³-hybridized carbons (Fsp3) is 1.00. The number of ether oxygens (including phenoxy) is 1. The molecule has 15 heavy (non-hydrogen) atoms. The first-order valence-electron chi connectivity index (χ1n) is 5.45. The molecular weight excluding hydrogens is 214 g/mol. The van der Waals surface area contributed by atoms with Crippen LogP contribution in [0.15, 0.2) is 0 Å². The molecule has 1 N–H and O–H groups in total. The molecule has 1 rings (SSSR count). The van der Waals surface area contributed by atoms with E-state index in [2.05, 4.69) is 5.32 Å². The van der Waals surface area contributed by atoms with E-state index in [4.69, 9.17) is 4.74 Å². The van der Waals surface area contributed by atoms with E-state index in [1.54, 1.807) is 7.11 Å². The first kappa shape index (κ1) is 12.9. The summed E-state index contributed by atoms with van der Waals surface area (Å²) in [5.74, 6) is 0.278. The molecule has 0 aromatic carbocycles. The molecule has 1 saturated carbocycles. The third kappa shape index (κ3) is 5.49. The lowest BCUT2D eigenvalue weighted by atomic mass is 10.2. The van der Waals surface area contributed by atoms with Crippen molar-refractivity contribution in [3.05, 3.63) is 0 Å². The summed E-state index contributed by atoms with van der Waals surface area (Å²) in [5.41, 5.74) is 0. The predicted octanol–water partition coefficient (Wildman–Crippen LogP) is 0.578. The van der Waals surface area contributed by atoms with Gasteiger partial charge in [0, 0.05) is 19.4 Å². The summed E-state index contributed by atoms with van der Waals surface area (Å²) in [6, 6.07) is 0.509. The third-order valence-corrected chi connectivity index (χ3v) is 3.87. The van der Waals surface area contributed by atoms with Crippen molar-refractivity contribution in [1.82, 2.24) is 5.32 Å². The first-order chi connectivity index (χ1) is 7.01. The van der Waals surface area contributed by atoms with Crippen molar-refractivity contribution < 1.29 is 13.2 Å². The van der Waals surface area contributed by atoms with Crippen molar-refractivity contribution in [2.45, 2.75) is 37.8 Å². The van der Waals surface area contributed by atoms with Gasteiger partial charge in [-0.15, -0.1) is 0 Å². The average Bonchev–Trinajstić information content (AvgIpc) is 2.59. The van der Waals surface area contributed by atoms with E-state index in [9.17, 15) is 8.42 Å². The highest BCUT2D eigenvalue weighted by Gasteiger charge is 2.23. The number of sulfone groups is 1. The van der Waals surface area contributed by atoms with Crippen LogP contribution >= 0.6 is 0 Å². The van der Waals surface area contributed by atoms with Gasteiger partial charge in [-0.1, -0.05) is 0 Å². The smallest absolute Gasteiger partial charge is 0.147 e. The van der Waals surface area contributed by atoms with Gasteiger partial charge in [-0.2, -0.15) is 0 Å². The maximum atomic E-state index is 10.9. The molecule has 2 unspecified atom stereocenters. The minimum Gasteiger partial charge on any atom is -0.381 e. The zero-order valence-electron chi connectivity index (χ0n) is 9.53. The largest absolute Gasteiger partial charge is 0.381 e. The van der Waals surface area contributed by atoms with Crippen molar-refractivity contribution in [3.63, 3.8) is 0 Å². The highest BCUT2D eigenvalue weighted by molar-refractivity contribution is 7.90. The van der Waals surface area contributed by atoms with Crippen LogP contribution in [0, 0.1) is 0 Å². The van der Waals surface area contributed by atoms with Gasteiger partial charge < -0.3 is 10.1 Å². The fourth-order valence-corrected chi connectivity index (χ4v) is 2.65. The topological polar surface area (TPSA) is 55.4 Å².